The van der Waals surface area contributed by atoms with Crippen LogP contribution in [0, 0.1) is 6.92 Å². The van der Waals surface area contributed by atoms with Gasteiger partial charge < -0.3 is 4.42 Å². The van der Waals surface area contributed by atoms with Crippen molar-refractivity contribution in [1.82, 2.24) is 24.5 Å². The van der Waals surface area contributed by atoms with Crippen molar-refractivity contribution in [3.05, 3.63) is 49.1 Å². The Kier molecular flexibility index (Phi) is 4.45. The zero-order chi connectivity index (χ0) is 17.2. The highest BCUT2D eigenvalue weighted by Crippen LogP contribution is 2.20. The molecule has 0 fully saturated rings. The maximum Gasteiger partial charge on any atom is 0.240 e. The van der Waals surface area contributed by atoms with E-state index >= 15 is 0 Å². The molecule has 8 nitrogen and oxygen atoms in total. The van der Waals surface area contributed by atoms with E-state index in [-0.39, 0.29) is 10.9 Å². The van der Waals surface area contributed by atoms with E-state index in [1.165, 1.54) is 12.6 Å². The lowest BCUT2D eigenvalue weighted by Crippen LogP contribution is -2.35. The summed E-state index contributed by atoms with van der Waals surface area (Å²) in [5, 5.41) is 3.96. The van der Waals surface area contributed by atoms with Crippen LogP contribution in [0.3, 0.4) is 0 Å². The van der Waals surface area contributed by atoms with E-state index in [2.05, 4.69) is 19.8 Å². The lowest BCUT2D eigenvalue weighted by atomic mass is 10.2. The van der Waals surface area contributed by atoms with Crippen molar-refractivity contribution in [2.75, 3.05) is 0 Å². The van der Waals surface area contributed by atoms with Crippen molar-refractivity contribution in [3.63, 3.8) is 0 Å². The molecular formula is C15H17N5O3S. The summed E-state index contributed by atoms with van der Waals surface area (Å²) in [7, 11) is -3.61. The molecule has 2 heterocycles. The molecule has 0 aliphatic carbocycles. The molecule has 1 atom stereocenters. The van der Waals surface area contributed by atoms with Gasteiger partial charge >= 0.3 is 0 Å². The Morgan fingerprint density at radius 1 is 1.29 bits per heavy atom. The maximum atomic E-state index is 12.4. The molecule has 2 aromatic heterocycles. The third-order valence-corrected chi connectivity index (χ3v) is 4.97. The summed E-state index contributed by atoms with van der Waals surface area (Å²) in [5.74, 6) is 0.560. The Labute approximate surface area is 139 Å². The Morgan fingerprint density at radius 2 is 2.04 bits per heavy atom. The van der Waals surface area contributed by atoms with Gasteiger partial charge in [0.25, 0.3) is 0 Å². The molecule has 9 heteroatoms. The van der Waals surface area contributed by atoms with Crippen molar-refractivity contribution < 1.29 is 12.8 Å². The summed E-state index contributed by atoms with van der Waals surface area (Å²) in [6.45, 7) is 3.92. The summed E-state index contributed by atoms with van der Waals surface area (Å²) in [6.07, 6.45) is 4.49. The average Bonchev–Trinajstić information content (AvgIpc) is 3.18. The minimum atomic E-state index is -3.61. The summed E-state index contributed by atoms with van der Waals surface area (Å²) in [4.78, 5) is 8.24. The number of nitrogens with one attached hydrogen (secondary N) is 1. The van der Waals surface area contributed by atoms with Gasteiger partial charge in [-0.15, -0.1) is 0 Å². The highest BCUT2D eigenvalue weighted by molar-refractivity contribution is 7.89. The van der Waals surface area contributed by atoms with Crippen LogP contribution in [-0.4, -0.2) is 34.2 Å². The van der Waals surface area contributed by atoms with Crippen LogP contribution in [0.5, 0.6) is 0 Å². The van der Waals surface area contributed by atoms with Crippen molar-refractivity contribution in [2.24, 2.45) is 0 Å². The fourth-order valence-electron chi connectivity index (χ4n) is 2.28. The Morgan fingerprint density at radius 3 is 2.62 bits per heavy atom. The van der Waals surface area contributed by atoms with Gasteiger partial charge in [-0.2, -0.15) is 5.10 Å². The molecule has 0 saturated heterocycles. The fourth-order valence-corrected chi connectivity index (χ4v) is 3.51. The molecule has 0 aliphatic heterocycles. The second kappa shape index (κ2) is 6.54. The van der Waals surface area contributed by atoms with E-state index in [1.807, 2.05) is 0 Å². The molecule has 3 aromatic rings. The zero-order valence-corrected chi connectivity index (χ0v) is 14.1. The second-order valence-electron chi connectivity index (χ2n) is 5.42. The van der Waals surface area contributed by atoms with Gasteiger partial charge in [0, 0.05) is 18.5 Å². The number of hydrogen-bond donors (Lipinski definition) is 1. The van der Waals surface area contributed by atoms with E-state index < -0.39 is 10.0 Å². The SMILES string of the molecule is Cc1nc(-c2ccc(S(=O)(=O)N[C@H](C)Cn3cncn3)cc2)co1. The van der Waals surface area contributed by atoms with Gasteiger partial charge in [-0.3, -0.25) is 4.68 Å². The molecule has 126 valence electrons. The first-order chi connectivity index (χ1) is 11.4. The molecule has 0 bridgehead atoms. The van der Waals surface area contributed by atoms with Gasteiger partial charge in [0.2, 0.25) is 10.0 Å². The largest absolute Gasteiger partial charge is 0.449 e. The normalized spacial score (nSPS) is 13.1. The van der Waals surface area contributed by atoms with Crippen LogP contribution in [0.1, 0.15) is 12.8 Å². The number of nitrogens with zero attached hydrogens (tertiary/aromatic N) is 4. The smallest absolute Gasteiger partial charge is 0.240 e. The van der Waals surface area contributed by atoms with Gasteiger partial charge in [-0.1, -0.05) is 12.1 Å². The predicted molar refractivity (Wildman–Crippen MR) is 86.5 cm³/mol. The summed E-state index contributed by atoms with van der Waals surface area (Å²) < 4.78 is 34.2. The van der Waals surface area contributed by atoms with Crippen LogP contribution in [0.25, 0.3) is 11.3 Å². The van der Waals surface area contributed by atoms with E-state index in [0.29, 0.717) is 18.1 Å². The third kappa shape index (κ3) is 3.69. The van der Waals surface area contributed by atoms with Gasteiger partial charge in [-0.25, -0.2) is 23.1 Å². The molecule has 0 saturated carbocycles. The van der Waals surface area contributed by atoms with Crippen molar-refractivity contribution in [3.8, 4) is 11.3 Å². The van der Waals surface area contributed by atoms with Gasteiger partial charge in [0.15, 0.2) is 5.89 Å². The zero-order valence-electron chi connectivity index (χ0n) is 13.2. The van der Waals surface area contributed by atoms with Crippen LogP contribution in [0.4, 0.5) is 0 Å². The highest BCUT2D eigenvalue weighted by Gasteiger charge is 2.18. The summed E-state index contributed by atoms with van der Waals surface area (Å²) in [6, 6.07) is 6.17. The highest BCUT2D eigenvalue weighted by atomic mass is 32.2. The molecule has 0 aliphatic rings. The third-order valence-electron chi connectivity index (χ3n) is 3.36. The number of oxazole rings is 1. The minimum absolute atomic E-state index is 0.192. The monoisotopic (exact) mass is 347 g/mol. The first-order valence-electron chi connectivity index (χ1n) is 7.31. The number of aryl methyl sites for hydroxylation is 1. The standard InChI is InChI=1S/C15H17N5O3S/c1-11(7-20-10-16-9-17-20)19-24(21,22)14-5-3-13(4-6-14)15-8-23-12(2)18-15/h3-6,8-11,19H,7H2,1-2H3/t11-/m1/s1. The van der Waals surface area contributed by atoms with E-state index in [1.54, 1.807) is 49.1 Å². The van der Waals surface area contributed by atoms with E-state index in [4.69, 9.17) is 4.42 Å². The van der Waals surface area contributed by atoms with E-state index in [0.717, 1.165) is 5.56 Å². The molecule has 24 heavy (non-hydrogen) atoms. The van der Waals surface area contributed by atoms with Crippen LogP contribution >= 0.6 is 0 Å². The molecule has 0 radical (unpaired) electrons. The molecule has 0 amide bonds. The number of aromatic nitrogens is 4. The Balaban J connectivity index is 1.72. The predicted octanol–water partition coefficient (Wildman–Crippen LogP) is 1.61. The van der Waals surface area contributed by atoms with Crippen molar-refractivity contribution in [1.29, 1.82) is 0 Å². The first kappa shape index (κ1) is 16.3. The minimum Gasteiger partial charge on any atom is -0.449 e. The number of benzene rings is 1. The van der Waals surface area contributed by atoms with Crippen molar-refractivity contribution in [2.45, 2.75) is 31.3 Å². The number of hydrogen-bond acceptors (Lipinski definition) is 6. The van der Waals surface area contributed by atoms with Gasteiger partial charge in [0.05, 0.1) is 11.4 Å². The fraction of sp³-hybridized carbons (Fsp3) is 0.267. The van der Waals surface area contributed by atoms with Crippen LogP contribution < -0.4 is 4.72 Å². The second-order valence-corrected chi connectivity index (χ2v) is 7.13. The lowest BCUT2D eigenvalue weighted by Gasteiger charge is -2.14. The Hall–Kier alpha value is -2.52. The maximum absolute atomic E-state index is 12.4. The van der Waals surface area contributed by atoms with Gasteiger partial charge in [-0.05, 0) is 19.1 Å². The first-order valence-corrected chi connectivity index (χ1v) is 8.80. The summed E-state index contributed by atoms with van der Waals surface area (Å²) in [5.41, 5.74) is 1.46. The average molecular weight is 347 g/mol. The van der Waals surface area contributed by atoms with Crippen LogP contribution in [0.15, 0.2) is 52.5 Å². The van der Waals surface area contributed by atoms with Crippen molar-refractivity contribution >= 4 is 10.0 Å². The van der Waals surface area contributed by atoms with Crippen LogP contribution in [-0.2, 0) is 16.6 Å². The van der Waals surface area contributed by atoms with E-state index in [9.17, 15) is 8.42 Å². The lowest BCUT2D eigenvalue weighted by molar-refractivity contribution is 0.493. The molecule has 1 N–H and O–H groups in total. The number of rotatable bonds is 6. The Bertz CT molecular complexity index is 901. The molecule has 1 aromatic carbocycles. The van der Waals surface area contributed by atoms with Crippen LogP contribution in [0.2, 0.25) is 0 Å². The topological polar surface area (TPSA) is 103 Å². The molecule has 3 rings (SSSR count). The quantitative estimate of drug-likeness (QED) is 0.726. The number of sulfonamides is 1. The molecule has 0 unspecified atom stereocenters. The van der Waals surface area contributed by atoms with Gasteiger partial charge in [0.1, 0.15) is 24.6 Å². The molecule has 0 spiro atoms. The molecular weight excluding hydrogens is 330 g/mol. The summed E-state index contributed by atoms with van der Waals surface area (Å²) >= 11 is 0.